The summed E-state index contributed by atoms with van der Waals surface area (Å²) in [6, 6.07) is 3.99. The van der Waals surface area contributed by atoms with Gasteiger partial charge in [0.05, 0.1) is 12.2 Å². The molecule has 1 aliphatic rings. The summed E-state index contributed by atoms with van der Waals surface area (Å²) in [6.07, 6.45) is 3.22. The zero-order valence-electron chi connectivity index (χ0n) is 11.5. The summed E-state index contributed by atoms with van der Waals surface area (Å²) in [5, 5.41) is 0. The van der Waals surface area contributed by atoms with Crippen molar-refractivity contribution in [1.82, 2.24) is 0 Å². The van der Waals surface area contributed by atoms with Crippen LogP contribution in [0.2, 0.25) is 0 Å². The van der Waals surface area contributed by atoms with Crippen molar-refractivity contribution in [1.29, 1.82) is 0 Å². The number of esters is 1. The fourth-order valence-corrected chi connectivity index (χ4v) is 2.41. The highest BCUT2D eigenvalue weighted by Gasteiger charge is 2.24. The van der Waals surface area contributed by atoms with E-state index in [0.29, 0.717) is 5.69 Å². The lowest BCUT2D eigenvalue weighted by molar-refractivity contribution is -0.137. The first-order chi connectivity index (χ1) is 9.63. The van der Waals surface area contributed by atoms with E-state index in [1.165, 1.54) is 6.07 Å². The lowest BCUT2D eigenvalue weighted by atomic mass is 10.0. The van der Waals surface area contributed by atoms with Crippen molar-refractivity contribution in [3.63, 3.8) is 0 Å². The van der Waals surface area contributed by atoms with Crippen molar-refractivity contribution >= 4 is 17.4 Å². The first-order valence-corrected chi connectivity index (χ1v) is 6.89. The molecule has 1 aromatic rings. The SMILES string of the molecule is CCOC(=O)C(=O)c1cc(F)ccc1N1CCCCC1. The number of halogens is 1. The highest BCUT2D eigenvalue weighted by Crippen LogP contribution is 2.25. The monoisotopic (exact) mass is 279 g/mol. The number of carbonyl (C=O) groups is 2. The molecule has 1 aliphatic heterocycles. The summed E-state index contributed by atoms with van der Waals surface area (Å²) in [4.78, 5) is 25.7. The van der Waals surface area contributed by atoms with Gasteiger partial charge in [-0.3, -0.25) is 4.79 Å². The van der Waals surface area contributed by atoms with Gasteiger partial charge in [-0.05, 0) is 44.4 Å². The molecule has 0 unspecified atom stereocenters. The second kappa shape index (κ2) is 6.50. The van der Waals surface area contributed by atoms with E-state index in [1.54, 1.807) is 13.0 Å². The molecule has 0 aliphatic carbocycles. The summed E-state index contributed by atoms with van der Waals surface area (Å²) in [7, 11) is 0. The van der Waals surface area contributed by atoms with Crippen molar-refractivity contribution in [2.24, 2.45) is 0 Å². The normalized spacial score (nSPS) is 15.0. The fraction of sp³-hybridized carbons (Fsp3) is 0.467. The lowest BCUT2D eigenvalue weighted by Crippen LogP contribution is -2.31. The van der Waals surface area contributed by atoms with Gasteiger partial charge >= 0.3 is 5.97 Å². The molecule has 0 atom stereocenters. The zero-order valence-corrected chi connectivity index (χ0v) is 11.5. The Kier molecular flexibility index (Phi) is 4.71. The number of benzene rings is 1. The number of ketones is 1. The van der Waals surface area contributed by atoms with E-state index in [-0.39, 0.29) is 12.2 Å². The molecule has 4 nitrogen and oxygen atoms in total. The Balaban J connectivity index is 2.32. The van der Waals surface area contributed by atoms with Crippen LogP contribution in [-0.2, 0) is 9.53 Å². The third kappa shape index (κ3) is 3.15. The van der Waals surface area contributed by atoms with Crippen LogP contribution in [0.4, 0.5) is 10.1 Å². The number of carbonyl (C=O) groups excluding carboxylic acids is 2. The number of ether oxygens (including phenoxy) is 1. The minimum absolute atomic E-state index is 0.0883. The molecule has 0 amide bonds. The van der Waals surface area contributed by atoms with Gasteiger partial charge in [-0.2, -0.15) is 0 Å². The van der Waals surface area contributed by atoms with Gasteiger partial charge in [0.25, 0.3) is 5.78 Å². The quantitative estimate of drug-likeness (QED) is 0.483. The minimum Gasteiger partial charge on any atom is -0.460 e. The van der Waals surface area contributed by atoms with E-state index in [4.69, 9.17) is 4.74 Å². The van der Waals surface area contributed by atoms with E-state index in [1.807, 2.05) is 4.90 Å². The first-order valence-electron chi connectivity index (χ1n) is 6.89. The molecule has 108 valence electrons. The third-order valence-electron chi connectivity index (χ3n) is 3.36. The van der Waals surface area contributed by atoms with Crippen LogP contribution < -0.4 is 4.90 Å². The largest absolute Gasteiger partial charge is 0.460 e. The van der Waals surface area contributed by atoms with E-state index < -0.39 is 17.6 Å². The van der Waals surface area contributed by atoms with Crippen LogP contribution >= 0.6 is 0 Å². The molecule has 5 heteroatoms. The Morgan fingerprint density at radius 3 is 2.60 bits per heavy atom. The number of piperidine rings is 1. The number of nitrogens with zero attached hydrogens (tertiary/aromatic N) is 1. The summed E-state index contributed by atoms with van der Waals surface area (Å²) in [5.41, 5.74) is 0.703. The second-order valence-corrected chi connectivity index (χ2v) is 4.76. The molecule has 20 heavy (non-hydrogen) atoms. The topological polar surface area (TPSA) is 46.6 Å². The zero-order chi connectivity index (χ0) is 14.5. The van der Waals surface area contributed by atoms with Crippen LogP contribution in [0, 0.1) is 5.82 Å². The Morgan fingerprint density at radius 1 is 1.25 bits per heavy atom. The van der Waals surface area contributed by atoms with E-state index in [0.717, 1.165) is 38.4 Å². The lowest BCUT2D eigenvalue weighted by Gasteiger charge is -2.30. The molecule has 0 saturated carbocycles. The molecule has 1 heterocycles. The number of Topliss-reactive ketones (excluding diaryl/α,β-unsaturated/α-hetero) is 1. The molecule has 1 saturated heterocycles. The van der Waals surface area contributed by atoms with E-state index in [9.17, 15) is 14.0 Å². The van der Waals surface area contributed by atoms with Gasteiger partial charge in [-0.25, -0.2) is 9.18 Å². The Labute approximate surface area is 117 Å². The molecular weight excluding hydrogens is 261 g/mol. The summed E-state index contributed by atoms with van der Waals surface area (Å²) >= 11 is 0. The molecule has 1 fully saturated rings. The van der Waals surface area contributed by atoms with Gasteiger partial charge in [0.15, 0.2) is 0 Å². The van der Waals surface area contributed by atoms with Crippen LogP contribution in [0.3, 0.4) is 0 Å². The fourth-order valence-electron chi connectivity index (χ4n) is 2.41. The summed E-state index contributed by atoms with van der Waals surface area (Å²) in [6.45, 7) is 3.38. The minimum atomic E-state index is -0.934. The Hall–Kier alpha value is -1.91. The summed E-state index contributed by atoms with van der Waals surface area (Å²) in [5.74, 6) is -2.25. The van der Waals surface area contributed by atoms with Crippen LogP contribution in [0.5, 0.6) is 0 Å². The number of hydrogen-bond donors (Lipinski definition) is 0. The average Bonchev–Trinajstić information content (AvgIpc) is 2.47. The molecule has 0 radical (unpaired) electrons. The van der Waals surface area contributed by atoms with Crippen LogP contribution in [-0.4, -0.2) is 31.4 Å². The van der Waals surface area contributed by atoms with Gasteiger partial charge in [0, 0.05) is 18.8 Å². The van der Waals surface area contributed by atoms with Crippen molar-refractivity contribution < 1.29 is 18.7 Å². The maximum Gasteiger partial charge on any atom is 0.379 e. The highest BCUT2D eigenvalue weighted by atomic mass is 19.1. The maximum absolute atomic E-state index is 13.4. The van der Waals surface area contributed by atoms with Crippen molar-refractivity contribution in [3.8, 4) is 0 Å². The van der Waals surface area contributed by atoms with E-state index >= 15 is 0 Å². The smallest absolute Gasteiger partial charge is 0.379 e. The molecule has 0 N–H and O–H groups in total. The molecule has 0 bridgehead atoms. The van der Waals surface area contributed by atoms with Crippen molar-refractivity contribution in [2.75, 3.05) is 24.6 Å². The first kappa shape index (κ1) is 14.5. The molecule has 0 aromatic heterocycles. The Morgan fingerprint density at radius 2 is 1.95 bits per heavy atom. The predicted molar refractivity (Wildman–Crippen MR) is 73.4 cm³/mol. The van der Waals surface area contributed by atoms with Gasteiger partial charge in [0.1, 0.15) is 5.82 Å². The predicted octanol–water partition coefficient (Wildman–Crippen LogP) is 2.56. The van der Waals surface area contributed by atoms with Gasteiger partial charge in [0.2, 0.25) is 0 Å². The number of hydrogen-bond acceptors (Lipinski definition) is 4. The van der Waals surface area contributed by atoms with Crippen molar-refractivity contribution in [3.05, 3.63) is 29.6 Å². The standard InChI is InChI=1S/C15H18FNO3/c1-2-20-15(19)14(18)12-10-11(16)6-7-13(12)17-8-4-3-5-9-17/h6-7,10H,2-5,8-9H2,1H3. The number of anilines is 1. The highest BCUT2D eigenvalue weighted by molar-refractivity contribution is 6.41. The molecular formula is C15H18FNO3. The number of rotatable bonds is 4. The van der Waals surface area contributed by atoms with Crippen molar-refractivity contribution in [2.45, 2.75) is 26.2 Å². The maximum atomic E-state index is 13.4. The second-order valence-electron chi connectivity index (χ2n) is 4.76. The average molecular weight is 279 g/mol. The summed E-state index contributed by atoms with van der Waals surface area (Å²) < 4.78 is 18.1. The molecule has 0 spiro atoms. The van der Waals surface area contributed by atoms with E-state index in [2.05, 4.69) is 0 Å². The Bertz CT molecular complexity index is 510. The van der Waals surface area contributed by atoms with Gasteiger partial charge in [-0.15, -0.1) is 0 Å². The van der Waals surface area contributed by atoms with Gasteiger partial charge < -0.3 is 9.64 Å². The van der Waals surface area contributed by atoms with Crippen LogP contribution in [0.25, 0.3) is 0 Å². The molecule has 1 aromatic carbocycles. The third-order valence-corrected chi connectivity index (χ3v) is 3.36. The molecule has 2 rings (SSSR count). The van der Waals surface area contributed by atoms with Crippen LogP contribution in [0.1, 0.15) is 36.5 Å². The van der Waals surface area contributed by atoms with Crippen LogP contribution in [0.15, 0.2) is 18.2 Å². The van der Waals surface area contributed by atoms with Gasteiger partial charge in [-0.1, -0.05) is 0 Å².